The summed E-state index contributed by atoms with van der Waals surface area (Å²) in [7, 11) is 1.60. The van der Waals surface area contributed by atoms with Crippen LogP contribution in [0.1, 0.15) is 40.0 Å². The first-order valence-electron chi connectivity index (χ1n) is 6.79. The molecule has 0 saturated carbocycles. The van der Waals surface area contributed by atoms with Gasteiger partial charge in [-0.3, -0.25) is 4.79 Å². The van der Waals surface area contributed by atoms with E-state index in [1.807, 2.05) is 0 Å². The minimum Gasteiger partial charge on any atom is -0.394 e. The van der Waals surface area contributed by atoms with E-state index in [1.54, 1.807) is 12.0 Å². The Hall–Kier alpha value is -0.610. The predicted octanol–water partition coefficient (Wildman–Crippen LogP) is 1.67. The first-order chi connectivity index (χ1) is 8.40. The summed E-state index contributed by atoms with van der Waals surface area (Å²) in [6.07, 6.45) is 2.54. The molecule has 2 atom stereocenters. The Bertz CT molecular complexity index is 273. The van der Waals surface area contributed by atoms with Crippen LogP contribution in [-0.2, 0) is 9.53 Å². The van der Waals surface area contributed by atoms with Crippen molar-refractivity contribution in [2.75, 3.05) is 26.9 Å². The molecule has 4 heteroatoms. The van der Waals surface area contributed by atoms with E-state index < -0.39 is 0 Å². The Morgan fingerprint density at radius 2 is 2.11 bits per heavy atom. The van der Waals surface area contributed by atoms with Crippen molar-refractivity contribution < 1.29 is 14.6 Å². The Morgan fingerprint density at radius 1 is 1.44 bits per heavy atom. The third kappa shape index (κ3) is 3.95. The van der Waals surface area contributed by atoms with Crippen LogP contribution in [0.15, 0.2) is 0 Å². The molecule has 0 aromatic carbocycles. The summed E-state index contributed by atoms with van der Waals surface area (Å²) < 4.78 is 5.08. The summed E-state index contributed by atoms with van der Waals surface area (Å²) in [6, 6.07) is -0.193. The SMILES string of the molecule is COC[C@H](CO)N1CC[C@@H](C(C)(C)C)CCC1=O. The molecule has 0 spiro atoms. The summed E-state index contributed by atoms with van der Waals surface area (Å²) in [5.74, 6) is 0.714. The van der Waals surface area contributed by atoms with Gasteiger partial charge in [0, 0.05) is 20.1 Å². The average Bonchev–Trinajstić information content (AvgIpc) is 2.48. The number of aliphatic hydroxyl groups is 1. The molecule has 0 radical (unpaired) electrons. The lowest BCUT2D eigenvalue weighted by Crippen LogP contribution is -2.45. The molecular weight excluding hydrogens is 230 g/mol. The lowest BCUT2D eigenvalue weighted by molar-refractivity contribution is -0.135. The summed E-state index contributed by atoms with van der Waals surface area (Å²) >= 11 is 0. The van der Waals surface area contributed by atoms with Gasteiger partial charge in [-0.1, -0.05) is 20.8 Å². The molecule has 1 amide bonds. The molecule has 0 unspecified atom stereocenters. The third-order valence-corrected chi connectivity index (χ3v) is 3.98. The van der Waals surface area contributed by atoms with Crippen LogP contribution in [0.5, 0.6) is 0 Å². The minimum absolute atomic E-state index is 0.0280. The van der Waals surface area contributed by atoms with Gasteiger partial charge in [-0.2, -0.15) is 0 Å². The molecule has 1 heterocycles. The van der Waals surface area contributed by atoms with Gasteiger partial charge in [0.2, 0.25) is 5.91 Å². The smallest absolute Gasteiger partial charge is 0.222 e. The average molecular weight is 257 g/mol. The van der Waals surface area contributed by atoms with Gasteiger partial charge in [-0.25, -0.2) is 0 Å². The first-order valence-corrected chi connectivity index (χ1v) is 6.79. The van der Waals surface area contributed by atoms with Gasteiger partial charge in [0.05, 0.1) is 19.3 Å². The topological polar surface area (TPSA) is 49.8 Å². The number of likely N-dealkylation sites (tertiary alicyclic amines) is 1. The quantitative estimate of drug-likeness (QED) is 0.833. The van der Waals surface area contributed by atoms with Crippen LogP contribution in [0.3, 0.4) is 0 Å². The highest BCUT2D eigenvalue weighted by molar-refractivity contribution is 5.76. The number of nitrogens with zero attached hydrogens (tertiary/aromatic N) is 1. The Morgan fingerprint density at radius 3 is 2.61 bits per heavy atom. The molecule has 106 valence electrons. The first kappa shape index (κ1) is 15.4. The number of amides is 1. The van der Waals surface area contributed by atoms with Crippen LogP contribution >= 0.6 is 0 Å². The lowest BCUT2D eigenvalue weighted by atomic mass is 9.77. The Kier molecular flexibility index (Phi) is 5.60. The fourth-order valence-electron chi connectivity index (χ4n) is 2.69. The zero-order chi connectivity index (χ0) is 13.8. The number of ether oxygens (including phenoxy) is 1. The number of hydrogen-bond donors (Lipinski definition) is 1. The lowest BCUT2D eigenvalue weighted by Gasteiger charge is -2.31. The monoisotopic (exact) mass is 257 g/mol. The normalized spacial score (nSPS) is 23.9. The van der Waals surface area contributed by atoms with E-state index in [2.05, 4.69) is 20.8 Å². The highest BCUT2D eigenvalue weighted by atomic mass is 16.5. The molecule has 4 nitrogen and oxygen atoms in total. The van der Waals surface area contributed by atoms with Crippen molar-refractivity contribution in [3.63, 3.8) is 0 Å². The predicted molar refractivity (Wildman–Crippen MR) is 71.3 cm³/mol. The number of carbonyl (C=O) groups is 1. The van der Waals surface area contributed by atoms with E-state index >= 15 is 0 Å². The Labute approximate surface area is 110 Å². The molecule has 0 aromatic heterocycles. The standard InChI is InChI=1S/C14H27NO3/c1-14(2,3)11-5-6-13(17)15(8-7-11)12(9-16)10-18-4/h11-12,16H,5-10H2,1-4H3/t11-,12-/m0/s1. The molecule has 1 N–H and O–H groups in total. The summed E-state index contributed by atoms with van der Waals surface area (Å²) in [5.41, 5.74) is 0.242. The van der Waals surface area contributed by atoms with E-state index in [0.717, 1.165) is 19.4 Å². The molecule has 18 heavy (non-hydrogen) atoms. The third-order valence-electron chi connectivity index (χ3n) is 3.98. The molecule has 1 aliphatic heterocycles. The molecule has 1 saturated heterocycles. The van der Waals surface area contributed by atoms with Gasteiger partial charge in [0.15, 0.2) is 0 Å². The highest BCUT2D eigenvalue weighted by Gasteiger charge is 2.32. The van der Waals surface area contributed by atoms with Crippen LogP contribution in [0.2, 0.25) is 0 Å². The van der Waals surface area contributed by atoms with Crippen molar-refractivity contribution in [3.8, 4) is 0 Å². The highest BCUT2D eigenvalue weighted by Crippen LogP contribution is 2.34. The molecule has 1 aliphatic rings. The van der Waals surface area contributed by atoms with Crippen molar-refractivity contribution in [3.05, 3.63) is 0 Å². The largest absolute Gasteiger partial charge is 0.394 e. The maximum Gasteiger partial charge on any atom is 0.222 e. The van der Waals surface area contributed by atoms with E-state index in [4.69, 9.17) is 4.74 Å². The fourth-order valence-corrected chi connectivity index (χ4v) is 2.69. The van der Waals surface area contributed by atoms with Gasteiger partial charge in [0.25, 0.3) is 0 Å². The molecule has 0 bridgehead atoms. The molecule has 0 aromatic rings. The second kappa shape index (κ2) is 6.53. The molecule has 1 fully saturated rings. The van der Waals surface area contributed by atoms with Crippen molar-refractivity contribution in [2.24, 2.45) is 11.3 Å². The van der Waals surface area contributed by atoms with Gasteiger partial charge in [0.1, 0.15) is 0 Å². The zero-order valence-corrected chi connectivity index (χ0v) is 12.1. The van der Waals surface area contributed by atoms with Crippen LogP contribution < -0.4 is 0 Å². The van der Waals surface area contributed by atoms with E-state index in [1.165, 1.54) is 0 Å². The number of aliphatic hydroxyl groups excluding tert-OH is 1. The van der Waals surface area contributed by atoms with E-state index in [0.29, 0.717) is 18.9 Å². The number of methoxy groups -OCH3 is 1. The van der Waals surface area contributed by atoms with Crippen molar-refractivity contribution >= 4 is 5.91 Å². The summed E-state index contributed by atoms with van der Waals surface area (Å²) in [6.45, 7) is 7.81. The Balaban J connectivity index is 2.69. The number of hydrogen-bond acceptors (Lipinski definition) is 3. The van der Waals surface area contributed by atoms with Crippen molar-refractivity contribution in [1.29, 1.82) is 0 Å². The van der Waals surface area contributed by atoms with Gasteiger partial charge >= 0.3 is 0 Å². The van der Waals surface area contributed by atoms with Crippen LogP contribution in [0.25, 0.3) is 0 Å². The number of carbonyl (C=O) groups excluding carboxylic acids is 1. The van der Waals surface area contributed by atoms with Crippen molar-refractivity contribution in [2.45, 2.75) is 46.1 Å². The minimum atomic E-state index is -0.193. The van der Waals surface area contributed by atoms with Gasteiger partial charge < -0.3 is 14.7 Å². The second-order valence-electron chi connectivity index (χ2n) is 6.27. The maximum atomic E-state index is 12.1. The number of rotatable bonds is 4. The van der Waals surface area contributed by atoms with E-state index in [9.17, 15) is 9.90 Å². The molecule has 1 rings (SSSR count). The van der Waals surface area contributed by atoms with Crippen molar-refractivity contribution in [1.82, 2.24) is 4.90 Å². The van der Waals surface area contributed by atoms with Gasteiger partial charge in [-0.05, 0) is 24.2 Å². The molecule has 0 aliphatic carbocycles. The summed E-state index contributed by atoms with van der Waals surface area (Å²) in [4.78, 5) is 13.9. The van der Waals surface area contributed by atoms with E-state index in [-0.39, 0.29) is 24.0 Å². The second-order valence-corrected chi connectivity index (χ2v) is 6.27. The maximum absolute atomic E-state index is 12.1. The van der Waals surface area contributed by atoms with Crippen LogP contribution in [0, 0.1) is 11.3 Å². The summed E-state index contributed by atoms with van der Waals surface area (Å²) in [5, 5.41) is 9.37. The van der Waals surface area contributed by atoms with Crippen LogP contribution in [0.4, 0.5) is 0 Å². The molecular formula is C14H27NO3. The zero-order valence-electron chi connectivity index (χ0n) is 12.1. The fraction of sp³-hybridized carbons (Fsp3) is 0.929. The van der Waals surface area contributed by atoms with Crippen LogP contribution in [-0.4, -0.2) is 48.8 Å². The van der Waals surface area contributed by atoms with Gasteiger partial charge in [-0.15, -0.1) is 0 Å².